The van der Waals surface area contributed by atoms with Gasteiger partial charge in [0.25, 0.3) is 0 Å². The average Bonchev–Trinajstić information content (AvgIpc) is 3.06. The molecule has 0 amide bonds. The number of benzene rings is 1. The van der Waals surface area contributed by atoms with E-state index in [1.54, 1.807) is 18.9 Å². The maximum absolute atomic E-state index is 6.10. The maximum Gasteiger partial charge on any atom is 0.124 e. The molecule has 6 heteroatoms. The lowest BCUT2D eigenvalue weighted by atomic mass is 10.0. The van der Waals surface area contributed by atoms with E-state index in [0.29, 0.717) is 25.0 Å². The summed E-state index contributed by atoms with van der Waals surface area (Å²) in [6, 6.07) is 6.13. The largest absolute Gasteiger partial charge is 0.493 e. The summed E-state index contributed by atoms with van der Waals surface area (Å²) in [7, 11) is 1.68. The molecule has 3 rings (SSSR count). The van der Waals surface area contributed by atoms with E-state index in [4.69, 9.17) is 23.7 Å². The number of rotatable bonds is 9. The Hall–Kier alpha value is -0.950. The number of methoxy groups -OCH3 is 1. The van der Waals surface area contributed by atoms with E-state index in [0.717, 1.165) is 62.1 Å². The van der Waals surface area contributed by atoms with Gasteiger partial charge in [0.1, 0.15) is 23.5 Å². The molecule has 1 unspecified atom stereocenters. The summed E-state index contributed by atoms with van der Waals surface area (Å²) in [6.45, 7) is 6.58. The predicted molar refractivity (Wildman–Crippen MR) is 102 cm³/mol. The van der Waals surface area contributed by atoms with Gasteiger partial charge < -0.3 is 23.7 Å². The Bertz CT molecular complexity index is 547. The molecule has 1 aromatic carbocycles. The second kappa shape index (κ2) is 10.4. The minimum atomic E-state index is 0.211. The Kier molecular flexibility index (Phi) is 7.92. The number of thioether (sulfide) groups is 1. The zero-order chi connectivity index (χ0) is 18.2. The minimum Gasteiger partial charge on any atom is -0.493 e. The van der Waals surface area contributed by atoms with Gasteiger partial charge in [-0.3, -0.25) is 0 Å². The van der Waals surface area contributed by atoms with E-state index >= 15 is 0 Å². The van der Waals surface area contributed by atoms with Crippen molar-refractivity contribution in [1.82, 2.24) is 0 Å². The maximum atomic E-state index is 6.10. The van der Waals surface area contributed by atoms with Gasteiger partial charge in [-0.1, -0.05) is 18.7 Å². The average molecular weight is 383 g/mol. The van der Waals surface area contributed by atoms with Gasteiger partial charge in [0, 0.05) is 31.3 Å². The molecule has 2 saturated heterocycles. The first-order valence-corrected chi connectivity index (χ1v) is 10.4. The van der Waals surface area contributed by atoms with Crippen molar-refractivity contribution in [3.8, 4) is 11.5 Å². The second-order valence-electron chi connectivity index (χ2n) is 7.07. The van der Waals surface area contributed by atoms with Crippen molar-refractivity contribution in [3.05, 3.63) is 18.2 Å². The van der Waals surface area contributed by atoms with Gasteiger partial charge in [0.15, 0.2) is 0 Å². The van der Waals surface area contributed by atoms with Crippen LogP contribution in [0.15, 0.2) is 23.1 Å². The molecular formula is C20H30O5S. The van der Waals surface area contributed by atoms with Gasteiger partial charge >= 0.3 is 0 Å². The molecule has 2 atom stereocenters. The molecule has 0 N–H and O–H groups in total. The molecule has 2 fully saturated rings. The Labute approximate surface area is 160 Å². The first kappa shape index (κ1) is 19.8. The van der Waals surface area contributed by atoms with Crippen molar-refractivity contribution in [2.24, 2.45) is 11.8 Å². The van der Waals surface area contributed by atoms with Crippen LogP contribution in [0, 0.1) is 11.8 Å². The van der Waals surface area contributed by atoms with Gasteiger partial charge in [0.05, 0.1) is 19.8 Å². The zero-order valence-corrected chi connectivity index (χ0v) is 16.6. The minimum absolute atomic E-state index is 0.211. The standard InChI is InChI=1S/C20H30O5S/c1-15-9-20(25-13-15)26-19-11-17(23-8-7-21-2)10-18(12-19)24-14-16-3-5-22-6-4-16/h10-12,15-16,20H,3-9,13-14H2,1-2H3/t15-,20?/m1/s1. The highest BCUT2D eigenvalue weighted by Crippen LogP contribution is 2.37. The third-order valence-corrected chi connectivity index (χ3v) is 5.76. The van der Waals surface area contributed by atoms with Crippen LogP contribution in [0.5, 0.6) is 11.5 Å². The molecule has 0 spiro atoms. The fraction of sp³-hybridized carbons (Fsp3) is 0.700. The van der Waals surface area contributed by atoms with Crippen molar-refractivity contribution in [2.45, 2.75) is 36.5 Å². The molecular weight excluding hydrogens is 352 g/mol. The van der Waals surface area contributed by atoms with Gasteiger partial charge in [-0.25, -0.2) is 0 Å². The Morgan fingerprint density at radius 1 is 1.08 bits per heavy atom. The van der Waals surface area contributed by atoms with E-state index in [1.807, 2.05) is 6.07 Å². The lowest BCUT2D eigenvalue weighted by Crippen LogP contribution is -2.21. The molecule has 0 aromatic heterocycles. The van der Waals surface area contributed by atoms with Crippen molar-refractivity contribution in [1.29, 1.82) is 0 Å². The van der Waals surface area contributed by atoms with E-state index in [2.05, 4.69) is 19.1 Å². The van der Waals surface area contributed by atoms with Crippen LogP contribution in [0.4, 0.5) is 0 Å². The number of ether oxygens (including phenoxy) is 5. The highest BCUT2D eigenvalue weighted by Gasteiger charge is 2.23. The van der Waals surface area contributed by atoms with E-state index < -0.39 is 0 Å². The van der Waals surface area contributed by atoms with Crippen molar-refractivity contribution >= 4 is 11.8 Å². The zero-order valence-electron chi connectivity index (χ0n) is 15.8. The molecule has 5 nitrogen and oxygen atoms in total. The number of hydrogen-bond donors (Lipinski definition) is 0. The molecule has 2 heterocycles. The predicted octanol–water partition coefficient (Wildman–Crippen LogP) is 3.99. The van der Waals surface area contributed by atoms with Crippen LogP contribution in [0.25, 0.3) is 0 Å². The Balaban J connectivity index is 1.62. The van der Waals surface area contributed by atoms with Crippen LogP contribution in [0.3, 0.4) is 0 Å². The molecule has 2 aliphatic heterocycles. The van der Waals surface area contributed by atoms with E-state index in [9.17, 15) is 0 Å². The van der Waals surface area contributed by atoms with Crippen LogP contribution in [0.2, 0.25) is 0 Å². The third kappa shape index (κ3) is 6.34. The van der Waals surface area contributed by atoms with Crippen LogP contribution >= 0.6 is 11.8 Å². The second-order valence-corrected chi connectivity index (χ2v) is 8.30. The van der Waals surface area contributed by atoms with Crippen molar-refractivity contribution in [2.75, 3.05) is 46.8 Å². The smallest absolute Gasteiger partial charge is 0.124 e. The van der Waals surface area contributed by atoms with Crippen molar-refractivity contribution < 1.29 is 23.7 Å². The van der Waals surface area contributed by atoms with Crippen LogP contribution < -0.4 is 9.47 Å². The molecule has 26 heavy (non-hydrogen) atoms. The summed E-state index contributed by atoms with van der Waals surface area (Å²) in [4.78, 5) is 1.13. The summed E-state index contributed by atoms with van der Waals surface area (Å²) >= 11 is 1.75. The van der Waals surface area contributed by atoms with E-state index in [-0.39, 0.29) is 5.44 Å². The summed E-state index contributed by atoms with van der Waals surface area (Å²) in [5.41, 5.74) is 0.211. The van der Waals surface area contributed by atoms with Gasteiger partial charge in [-0.15, -0.1) is 0 Å². The Morgan fingerprint density at radius 3 is 2.54 bits per heavy atom. The normalized spacial score (nSPS) is 23.9. The first-order valence-electron chi connectivity index (χ1n) is 9.48. The van der Waals surface area contributed by atoms with Crippen LogP contribution in [-0.4, -0.2) is 52.2 Å². The fourth-order valence-electron chi connectivity index (χ4n) is 3.12. The summed E-state index contributed by atoms with van der Waals surface area (Å²) in [5, 5.41) is 0. The molecule has 146 valence electrons. The molecule has 2 aliphatic rings. The highest BCUT2D eigenvalue weighted by molar-refractivity contribution is 7.99. The molecule has 0 saturated carbocycles. The third-order valence-electron chi connectivity index (χ3n) is 4.67. The molecule has 0 radical (unpaired) electrons. The molecule has 0 aliphatic carbocycles. The highest BCUT2D eigenvalue weighted by atomic mass is 32.2. The van der Waals surface area contributed by atoms with E-state index in [1.165, 1.54) is 0 Å². The Morgan fingerprint density at radius 2 is 1.85 bits per heavy atom. The lowest BCUT2D eigenvalue weighted by molar-refractivity contribution is 0.0496. The monoisotopic (exact) mass is 382 g/mol. The van der Waals surface area contributed by atoms with Gasteiger partial charge in [0.2, 0.25) is 0 Å². The van der Waals surface area contributed by atoms with Crippen molar-refractivity contribution in [3.63, 3.8) is 0 Å². The SMILES string of the molecule is COCCOc1cc(OCC2CCOCC2)cc(SC2C[C@@H](C)CO2)c1. The summed E-state index contributed by atoms with van der Waals surface area (Å²) in [6.07, 6.45) is 3.22. The van der Waals surface area contributed by atoms with Crippen LogP contribution in [-0.2, 0) is 14.2 Å². The first-order chi connectivity index (χ1) is 12.7. The van der Waals surface area contributed by atoms with Crippen LogP contribution in [0.1, 0.15) is 26.2 Å². The summed E-state index contributed by atoms with van der Waals surface area (Å²) < 4.78 is 28.3. The quantitative estimate of drug-likeness (QED) is 0.602. The van der Waals surface area contributed by atoms with Gasteiger partial charge in [-0.2, -0.15) is 0 Å². The topological polar surface area (TPSA) is 46.2 Å². The summed E-state index contributed by atoms with van der Waals surface area (Å²) in [5.74, 6) is 2.87. The van der Waals surface area contributed by atoms with Gasteiger partial charge in [-0.05, 0) is 43.2 Å². The molecule has 0 bridgehead atoms. The molecule has 1 aromatic rings. The number of hydrogen-bond acceptors (Lipinski definition) is 6. The lowest BCUT2D eigenvalue weighted by Gasteiger charge is -2.22. The fourth-order valence-corrected chi connectivity index (χ4v) is 4.36.